The lowest BCUT2D eigenvalue weighted by Gasteiger charge is -2.36. The molecule has 0 saturated heterocycles. The molecule has 2 N–H and O–H groups in total. The van der Waals surface area contributed by atoms with Crippen LogP contribution in [0.25, 0.3) is 0 Å². The van der Waals surface area contributed by atoms with Gasteiger partial charge in [-0.05, 0) is 71.1 Å². The minimum atomic E-state index is -1.02. The van der Waals surface area contributed by atoms with E-state index in [-0.39, 0.29) is 25.5 Å². The first-order valence-corrected chi connectivity index (χ1v) is 20.6. The Bertz CT molecular complexity index is 1640. The Kier molecular flexibility index (Phi) is 22.6. The van der Waals surface area contributed by atoms with Gasteiger partial charge in [0.05, 0.1) is 16.7 Å². The Balaban J connectivity index is 0.00000154. The summed E-state index contributed by atoms with van der Waals surface area (Å²) in [6.07, 6.45) is -0.390. The van der Waals surface area contributed by atoms with Crippen LogP contribution in [0.2, 0.25) is 0 Å². The van der Waals surface area contributed by atoms with E-state index in [1.807, 2.05) is 61.5 Å². The molecule has 3 aromatic rings. The molecule has 0 aliphatic carbocycles. The number of carboxylic acid groups (broad SMARTS) is 1. The highest BCUT2D eigenvalue weighted by Gasteiger charge is 2.39. The van der Waals surface area contributed by atoms with Crippen LogP contribution in [0, 0.1) is 5.92 Å². The zero-order valence-corrected chi connectivity index (χ0v) is 37.4. The van der Waals surface area contributed by atoms with Gasteiger partial charge in [-0.3, -0.25) is 14.5 Å². The van der Waals surface area contributed by atoms with Crippen LogP contribution in [0.3, 0.4) is 0 Å². The van der Waals surface area contributed by atoms with Crippen molar-refractivity contribution < 1.29 is 39.9 Å². The van der Waals surface area contributed by atoms with Gasteiger partial charge in [-0.1, -0.05) is 126 Å². The van der Waals surface area contributed by atoms with Gasteiger partial charge in [0.1, 0.15) is 17.2 Å². The number of benzene rings is 3. The second kappa shape index (κ2) is 25.6. The van der Waals surface area contributed by atoms with Crippen molar-refractivity contribution in [3.63, 3.8) is 0 Å². The van der Waals surface area contributed by atoms with E-state index in [4.69, 9.17) is 16.0 Å². The fraction of sp³-hybridized carbons (Fsp3) is 0.511. The molecule has 0 fully saturated rings. The summed E-state index contributed by atoms with van der Waals surface area (Å²) in [7, 11) is 4.60. The number of carbonyl (C=O) groups excluding carboxylic acids is 4. The van der Waals surface area contributed by atoms with Gasteiger partial charge in [0.25, 0.3) is 0 Å². The molecule has 3 rings (SSSR count). The molecule has 0 spiro atoms. The van der Waals surface area contributed by atoms with Crippen LogP contribution in [0.4, 0.5) is 9.59 Å². The topological polar surface area (TPSA) is 143 Å². The molecule has 0 aliphatic rings. The molecular weight excluding hydrogens is 767 g/mol. The fourth-order valence-electron chi connectivity index (χ4n) is 6.06. The van der Waals surface area contributed by atoms with Crippen molar-refractivity contribution in [3.05, 3.63) is 108 Å². The molecule has 0 bridgehead atoms. The second-order valence-electron chi connectivity index (χ2n) is 15.4. The van der Waals surface area contributed by atoms with Crippen LogP contribution in [0.15, 0.2) is 91.0 Å². The van der Waals surface area contributed by atoms with Crippen LogP contribution in [-0.2, 0) is 28.6 Å². The number of ether oxygens (including phenoxy) is 2. The minimum absolute atomic E-state index is 0. The van der Waals surface area contributed by atoms with Gasteiger partial charge >= 0.3 is 18.2 Å². The molecule has 3 atom stereocenters. The SMILES string of the molecule is C.CC[C@H](C(=O)C[C@H](CSC(c1ccccc1)(c1ccccc1)c1ccccc1)C(=O)NC)N(C)C(=O)OC(C)(C)C.CC[C@H](C(=O)O)N(C)C(=O)OC(C)(C)C.[2H]CC. The van der Waals surface area contributed by atoms with E-state index in [0.29, 0.717) is 25.5 Å². The standard InChI is InChI=1S/C34H42N2O4S.C10H19NO4.C2H6.CH4/c1-7-29(36(6)32(39)40-33(2,3)4)30(37)23-25(31(38)35-5)24-41-34(26-17-11-8-12-18-26,27-19-13-9-14-20-27)28-21-15-10-16-22-28;1-6-7(8(12)13)11(5)9(14)15-10(2,3)4;1-2;/h8-22,25,29H,7,23-24H2,1-6H3,(H,35,38);7H,6H2,1-5H3,(H,12,13);1-2H3;1H4/t25-,29-;7-;;/m11../s1/i;;1D;. The lowest BCUT2D eigenvalue weighted by atomic mass is 9.84. The van der Waals surface area contributed by atoms with Gasteiger partial charge in [-0.15, -0.1) is 11.8 Å². The lowest BCUT2D eigenvalue weighted by molar-refractivity contribution is -0.142. The van der Waals surface area contributed by atoms with Crippen molar-refractivity contribution in [2.45, 2.75) is 124 Å². The number of hydrogen-bond acceptors (Lipinski definition) is 8. The van der Waals surface area contributed by atoms with Crippen LogP contribution in [0.5, 0.6) is 0 Å². The average Bonchev–Trinajstić information content (AvgIpc) is 3.18. The van der Waals surface area contributed by atoms with Gasteiger partial charge in [-0.2, -0.15) is 0 Å². The molecule has 328 valence electrons. The molecule has 3 amide bonds. The predicted octanol–water partition coefficient (Wildman–Crippen LogP) is 10.1. The molecule has 0 saturated carbocycles. The zero-order chi connectivity index (χ0) is 45.0. The van der Waals surface area contributed by atoms with Crippen molar-refractivity contribution in [1.82, 2.24) is 15.1 Å². The lowest BCUT2D eigenvalue weighted by Crippen LogP contribution is -2.46. The van der Waals surface area contributed by atoms with Gasteiger partial charge < -0.3 is 24.8 Å². The summed E-state index contributed by atoms with van der Waals surface area (Å²) in [6, 6.07) is 29.2. The first kappa shape index (κ1) is 52.2. The van der Waals surface area contributed by atoms with E-state index in [1.54, 1.807) is 81.2 Å². The highest BCUT2D eigenvalue weighted by atomic mass is 32.2. The highest BCUT2D eigenvalue weighted by molar-refractivity contribution is 8.00. The van der Waals surface area contributed by atoms with Crippen molar-refractivity contribution >= 4 is 41.6 Å². The van der Waals surface area contributed by atoms with Gasteiger partial charge in [0.15, 0.2) is 5.78 Å². The Morgan fingerprint density at radius 2 is 1.05 bits per heavy atom. The summed E-state index contributed by atoms with van der Waals surface area (Å²) in [6.45, 7) is 16.4. The Morgan fingerprint density at radius 3 is 1.34 bits per heavy atom. The maximum Gasteiger partial charge on any atom is 0.410 e. The summed E-state index contributed by atoms with van der Waals surface area (Å²) < 4.78 is 16.1. The van der Waals surface area contributed by atoms with Crippen LogP contribution in [0.1, 0.15) is 114 Å². The zero-order valence-electron chi connectivity index (χ0n) is 37.5. The van der Waals surface area contributed by atoms with Crippen molar-refractivity contribution in [1.29, 1.82) is 0 Å². The fourth-order valence-corrected chi connectivity index (χ4v) is 7.69. The molecule has 0 aliphatic heterocycles. The monoisotopic (exact) mass is 839 g/mol. The Labute approximate surface area is 360 Å². The van der Waals surface area contributed by atoms with E-state index < -0.39 is 52.1 Å². The van der Waals surface area contributed by atoms with E-state index in [2.05, 4.69) is 41.7 Å². The molecule has 3 aromatic carbocycles. The molecule has 0 aromatic heterocycles. The third-order valence-corrected chi connectivity index (χ3v) is 10.5. The average molecular weight is 839 g/mol. The predicted molar refractivity (Wildman–Crippen MR) is 241 cm³/mol. The Hall–Kier alpha value is -4.84. The number of nitrogens with zero attached hydrogens (tertiary/aromatic N) is 2. The van der Waals surface area contributed by atoms with Gasteiger partial charge in [0, 0.05) is 34.7 Å². The molecule has 12 heteroatoms. The summed E-state index contributed by atoms with van der Waals surface area (Å²) >= 11 is 1.65. The maximum absolute atomic E-state index is 13.6. The summed E-state index contributed by atoms with van der Waals surface area (Å²) in [5.41, 5.74) is 1.97. The van der Waals surface area contributed by atoms with Crippen LogP contribution < -0.4 is 5.32 Å². The number of nitrogens with one attached hydrogen (secondary N) is 1. The number of amides is 3. The molecular formula is C47H71N3O8S. The van der Waals surface area contributed by atoms with Crippen molar-refractivity contribution in [2.24, 2.45) is 5.92 Å². The summed E-state index contributed by atoms with van der Waals surface area (Å²) in [5, 5.41) is 11.6. The molecule has 0 heterocycles. The number of thioether (sulfide) groups is 1. The van der Waals surface area contributed by atoms with Crippen molar-refractivity contribution in [2.75, 3.05) is 26.9 Å². The second-order valence-corrected chi connectivity index (χ2v) is 16.7. The number of hydrogen-bond donors (Lipinski definition) is 2. The maximum atomic E-state index is 13.6. The molecule has 0 radical (unpaired) electrons. The number of likely N-dealkylation sites (N-methyl/N-ethyl adjacent to an activating group) is 2. The van der Waals surface area contributed by atoms with E-state index in [0.717, 1.165) is 21.6 Å². The van der Waals surface area contributed by atoms with E-state index in [9.17, 15) is 24.0 Å². The number of carboxylic acids is 1. The smallest absolute Gasteiger partial charge is 0.410 e. The summed E-state index contributed by atoms with van der Waals surface area (Å²) in [5.74, 6) is -1.61. The van der Waals surface area contributed by atoms with E-state index in [1.165, 1.54) is 11.9 Å². The normalized spacial score (nSPS) is 12.8. The number of ketones is 1. The Morgan fingerprint density at radius 1 is 0.712 bits per heavy atom. The highest BCUT2D eigenvalue weighted by Crippen LogP contribution is 2.49. The van der Waals surface area contributed by atoms with Crippen LogP contribution >= 0.6 is 11.8 Å². The molecule has 59 heavy (non-hydrogen) atoms. The number of rotatable bonds is 15. The third-order valence-electron chi connectivity index (χ3n) is 8.83. The van der Waals surface area contributed by atoms with Crippen LogP contribution in [-0.4, -0.2) is 94.9 Å². The first-order chi connectivity index (χ1) is 27.6. The minimum Gasteiger partial charge on any atom is -0.480 e. The quantitative estimate of drug-likeness (QED) is 0.143. The number of aliphatic carboxylic acids is 1. The van der Waals surface area contributed by atoms with Crippen molar-refractivity contribution in [3.8, 4) is 0 Å². The largest absolute Gasteiger partial charge is 0.480 e. The van der Waals surface area contributed by atoms with Gasteiger partial charge in [-0.25, -0.2) is 14.4 Å². The first-order valence-electron chi connectivity index (χ1n) is 20.3. The number of Topliss-reactive ketones (excluding diaryl/α,β-unsaturated/α-hetero) is 1. The van der Waals surface area contributed by atoms with E-state index >= 15 is 0 Å². The molecule has 11 nitrogen and oxygen atoms in total. The third kappa shape index (κ3) is 16.7. The van der Waals surface area contributed by atoms with Gasteiger partial charge in [0.2, 0.25) is 5.91 Å². The summed E-state index contributed by atoms with van der Waals surface area (Å²) in [4.78, 5) is 64.3. The number of carbonyl (C=O) groups is 5. The molecule has 0 unspecified atom stereocenters.